The molecule has 3 atom stereocenters. The summed E-state index contributed by atoms with van der Waals surface area (Å²) in [6.45, 7) is 2.02. The number of amides is 1. The van der Waals surface area contributed by atoms with Crippen LogP contribution in [0.4, 0.5) is 5.95 Å². The molecule has 1 N–H and O–H groups in total. The van der Waals surface area contributed by atoms with Crippen LogP contribution in [0.3, 0.4) is 0 Å². The van der Waals surface area contributed by atoms with Gasteiger partial charge in [0.1, 0.15) is 0 Å². The number of allylic oxidation sites excluding steroid dienone is 2. The van der Waals surface area contributed by atoms with E-state index in [1.54, 1.807) is 6.92 Å². The SMILES string of the molecule is CCOC(=O)[C@H]1C(=O)Nc2nc3ccccc3n2[C@H]1[C@@H]1CC=CCC1. The van der Waals surface area contributed by atoms with E-state index in [0.717, 1.165) is 30.3 Å². The van der Waals surface area contributed by atoms with Gasteiger partial charge in [0, 0.05) is 0 Å². The summed E-state index contributed by atoms with van der Waals surface area (Å²) < 4.78 is 7.25. The zero-order valence-electron chi connectivity index (χ0n) is 14.1. The molecule has 0 unspecified atom stereocenters. The Hall–Kier alpha value is -2.63. The number of benzene rings is 1. The highest BCUT2D eigenvalue weighted by atomic mass is 16.5. The van der Waals surface area contributed by atoms with E-state index in [2.05, 4.69) is 22.5 Å². The highest BCUT2D eigenvalue weighted by Gasteiger charge is 2.46. The lowest BCUT2D eigenvalue weighted by atomic mass is 9.79. The molecule has 2 heterocycles. The third-order valence-corrected chi connectivity index (χ3v) is 5.09. The first-order chi connectivity index (χ1) is 12.2. The van der Waals surface area contributed by atoms with E-state index in [4.69, 9.17) is 4.74 Å². The van der Waals surface area contributed by atoms with Crippen molar-refractivity contribution < 1.29 is 14.3 Å². The number of nitrogens with zero attached hydrogens (tertiary/aromatic N) is 2. The maximum absolute atomic E-state index is 12.7. The van der Waals surface area contributed by atoms with Crippen molar-refractivity contribution in [3.05, 3.63) is 36.4 Å². The maximum atomic E-state index is 12.7. The Bertz CT molecular complexity index is 855. The molecular formula is C19H21N3O3. The molecule has 6 nitrogen and oxygen atoms in total. The van der Waals surface area contributed by atoms with Crippen molar-refractivity contribution >= 4 is 28.9 Å². The molecule has 2 aliphatic rings. The lowest BCUT2D eigenvalue weighted by molar-refractivity contribution is -0.154. The van der Waals surface area contributed by atoms with Crippen molar-refractivity contribution in [2.24, 2.45) is 11.8 Å². The van der Waals surface area contributed by atoms with Crippen molar-refractivity contribution in [2.75, 3.05) is 11.9 Å². The van der Waals surface area contributed by atoms with Gasteiger partial charge < -0.3 is 9.30 Å². The number of carbonyl (C=O) groups excluding carboxylic acids is 2. The molecule has 0 saturated carbocycles. The summed E-state index contributed by atoms with van der Waals surface area (Å²) in [6, 6.07) is 7.50. The lowest BCUT2D eigenvalue weighted by Gasteiger charge is -2.37. The molecule has 6 heteroatoms. The number of esters is 1. The number of hydrogen-bond donors (Lipinski definition) is 1. The Morgan fingerprint density at radius 2 is 2.20 bits per heavy atom. The molecule has 2 aromatic rings. The van der Waals surface area contributed by atoms with Gasteiger partial charge >= 0.3 is 5.97 Å². The van der Waals surface area contributed by atoms with Gasteiger partial charge in [-0.15, -0.1) is 0 Å². The van der Waals surface area contributed by atoms with E-state index in [1.807, 2.05) is 28.8 Å². The monoisotopic (exact) mass is 339 g/mol. The highest BCUT2D eigenvalue weighted by molar-refractivity contribution is 6.06. The number of anilines is 1. The van der Waals surface area contributed by atoms with E-state index in [1.165, 1.54) is 0 Å². The van der Waals surface area contributed by atoms with Gasteiger partial charge in [-0.25, -0.2) is 4.98 Å². The summed E-state index contributed by atoms with van der Waals surface area (Å²) in [6.07, 6.45) is 7.05. The van der Waals surface area contributed by atoms with Crippen LogP contribution in [0.2, 0.25) is 0 Å². The van der Waals surface area contributed by atoms with Gasteiger partial charge in [-0.2, -0.15) is 0 Å². The summed E-state index contributed by atoms with van der Waals surface area (Å²) >= 11 is 0. The van der Waals surface area contributed by atoms with Crippen LogP contribution in [0.5, 0.6) is 0 Å². The van der Waals surface area contributed by atoms with Crippen molar-refractivity contribution in [1.82, 2.24) is 9.55 Å². The number of imidazole rings is 1. The van der Waals surface area contributed by atoms with Crippen LogP contribution in [-0.4, -0.2) is 28.0 Å². The Balaban J connectivity index is 1.87. The van der Waals surface area contributed by atoms with Crippen LogP contribution >= 0.6 is 0 Å². The third-order valence-electron chi connectivity index (χ3n) is 5.09. The first-order valence-electron chi connectivity index (χ1n) is 8.80. The van der Waals surface area contributed by atoms with Gasteiger partial charge in [0.2, 0.25) is 11.9 Å². The summed E-state index contributed by atoms with van der Waals surface area (Å²) in [5.41, 5.74) is 1.75. The second-order valence-corrected chi connectivity index (χ2v) is 6.55. The molecular weight excluding hydrogens is 318 g/mol. The molecule has 4 rings (SSSR count). The first kappa shape index (κ1) is 15.9. The second-order valence-electron chi connectivity index (χ2n) is 6.55. The largest absolute Gasteiger partial charge is 0.465 e. The van der Waals surface area contributed by atoms with E-state index in [-0.39, 0.29) is 24.5 Å². The molecule has 1 amide bonds. The van der Waals surface area contributed by atoms with Crippen LogP contribution in [-0.2, 0) is 14.3 Å². The Morgan fingerprint density at radius 3 is 2.96 bits per heavy atom. The quantitative estimate of drug-likeness (QED) is 0.530. The van der Waals surface area contributed by atoms with Crippen LogP contribution < -0.4 is 5.32 Å². The zero-order valence-corrected chi connectivity index (χ0v) is 14.1. The number of rotatable bonds is 3. The number of fused-ring (bicyclic) bond motifs is 3. The zero-order chi connectivity index (χ0) is 17.4. The fraction of sp³-hybridized carbons (Fsp3) is 0.421. The summed E-state index contributed by atoms with van der Waals surface area (Å²) in [4.78, 5) is 29.9. The smallest absolute Gasteiger partial charge is 0.320 e. The number of nitrogens with one attached hydrogen (secondary N) is 1. The van der Waals surface area contributed by atoms with Crippen molar-refractivity contribution in [3.63, 3.8) is 0 Å². The molecule has 130 valence electrons. The average molecular weight is 339 g/mol. The second kappa shape index (κ2) is 6.35. The highest BCUT2D eigenvalue weighted by Crippen LogP contribution is 2.42. The molecule has 1 aromatic carbocycles. The number of para-hydroxylation sites is 2. The number of hydrogen-bond acceptors (Lipinski definition) is 4. The molecule has 0 radical (unpaired) electrons. The van der Waals surface area contributed by atoms with Gasteiger partial charge in [-0.3, -0.25) is 14.9 Å². The molecule has 0 bridgehead atoms. The van der Waals surface area contributed by atoms with Crippen molar-refractivity contribution in [1.29, 1.82) is 0 Å². The van der Waals surface area contributed by atoms with Gasteiger partial charge in [0.05, 0.1) is 23.7 Å². The first-order valence-corrected chi connectivity index (χ1v) is 8.80. The van der Waals surface area contributed by atoms with Crippen LogP contribution in [0.25, 0.3) is 11.0 Å². The minimum atomic E-state index is -0.846. The normalized spacial score (nSPS) is 25.5. The molecule has 25 heavy (non-hydrogen) atoms. The Kier molecular flexibility index (Phi) is 4.03. The van der Waals surface area contributed by atoms with Crippen LogP contribution in [0, 0.1) is 11.8 Å². The minimum Gasteiger partial charge on any atom is -0.465 e. The molecule has 1 aromatic heterocycles. The van der Waals surface area contributed by atoms with E-state index in [0.29, 0.717) is 5.95 Å². The minimum absolute atomic E-state index is 0.196. The van der Waals surface area contributed by atoms with E-state index in [9.17, 15) is 9.59 Å². The fourth-order valence-electron chi connectivity index (χ4n) is 4.02. The van der Waals surface area contributed by atoms with Gasteiger partial charge in [0.15, 0.2) is 5.92 Å². The molecule has 0 fully saturated rings. The molecule has 0 spiro atoms. The van der Waals surface area contributed by atoms with Gasteiger partial charge in [-0.1, -0.05) is 24.3 Å². The van der Waals surface area contributed by atoms with E-state index >= 15 is 0 Å². The average Bonchev–Trinajstić information content (AvgIpc) is 2.99. The predicted molar refractivity (Wildman–Crippen MR) is 94.0 cm³/mol. The van der Waals surface area contributed by atoms with Gasteiger partial charge in [0.25, 0.3) is 0 Å². The van der Waals surface area contributed by atoms with Crippen LogP contribution in [0.1, 0.15) is 32.2 Å². The van der Waals surface area contributed by atoms with Crippen molar-refractivity contribution in [3.8, 4) is 0 Å². The number of ether oxygens (including phenoxy) is 1. The molecule has 1 aliphatic heterocycles. The lowest BCUT2D eigenvalue weighted by Crippen LogP contribution is -2.45. The van der Waals surface area contributed by atoms with Crippen molar-refractivity contribution in [2.45, 2.75) is 32.2 Å². The topological polar surface area (TPSA) is 73.2 Å². The number of aromatic nitrogens is 2. The third kappa shape index (κ3) is 2.62. The standard InChI is InChI=1S/C19H21N3O3/c1-2-25-18(24)15-16(12-8-4-3-5-9-12)22-14-11-7-6-10-13(14)20-19(22)21-17(15)23/h3-4,6-7,10-12,15-16H,2,5,8-9H2,1H3,(H,20,21,23)/t12-,15-,16+/m1/s1. The maximum Gasteiger partial charge on any atom is 0.320 e. The Labute approximate surface area is 145 Å². The van der Waals surface area contributed by atoms with E-state index < -0.39 is 11.9 Å². The summed E-state index contributed by atoms with van der Waals surface area (Å²) in [7, 11) is 0. The number of carbonyl (C=O) groups is 2. The Morgan fingerprint density at radius 1 is 1.36 bits per heavy atom. The van der Waals surface area contributed by atoms with Gasteiger partial charge in [-0.05, 0) is 44.2 Å². The summed E-state index contributed by atoms with van der Waals surface area (Å²) in [5, 5.41) is 2.80. The predicted octanol–water partition coefficient (Wildman–Crippen LogP) is 3.07. The van der Waals surface area contributed by atoms with Crippen LogP contribution in [0.15, 0.2) is 36.4 Å². The molecule has 1 aliphatic carbocycles. The molecule has 0 saturated heterocycles. The summed E-state index contributed by atoms with van der Waals surface area (Å²) in [5.74, 6) is -0.904. The fourth-order valence-corrected chi connectivity index (χ4v) is 4.02.